The van der Waals surface area contributed by atoms with E-state index in [0.29, 0.717) is 0 Å². The molecule has 2 N–H and O–H groups in total. The van der Waals surface area contributed by atoms with Crippen LogP contribution in [0.3, 0.4) is 0 Å². The number of para-hydroxylation sites is 1. The van der Waals surface area contributed by atoms with Crippen LogP contribution >= 0.6 is 0 Å². The van der Waals surface area contributed by atoms with Gasteiger partial charge in [0.1, 0.15) is 0 Å². The van der Waals surface area contributed by atoms with Gasteiger partial charge in [-0.05, 0) is 12.1 Å². The smallest absolute Gasteiger partial charge is 0.200 e. The van der Waals surface area contributed by atoms with Crippen molar-refractivity contribution in [2.24, 2.45) is 0 Å². The number of benzene rings is 1. The molecule has 86 valence electrons. The summed E-state index contributed by atoms with van der Waals surface area (Å²) in [6, 6.07) is 4.45. The van der Waals surface area contributed by atoms with Crippen LogP contribution in [0.4, 0.5) is 0 Å². The number of aromatic hydroxyl groups is 1. The molecule has 0 bridgehead atoms. The second-order valence-electron chi connectivity index (χ2n) is 3.48. The minimum Gasteiger partial charge on any atom is -0.505 e. The molecule has 0 aliphatic heterocycles. The van der Waals surface area contributed by atoms with Crippen molar-refractivity contribution in [2.45, 2.75) is 0 Å². The van der Waals surface area contributed by atoms with Crippen molar-refractivity contribution in [2.75, 3.05) is 0 Å². The zero-order valence-corrected chi connectivity index (χ0v) is 8.93. The van der Waals surface area contributed by atoms with Crippen molar-refractivity contribution in [1.29, 1.82) is 0 Å². The summed E-state index contributed by atoms with van der Waals surface area (Å²) in [6.07, 6.45) is 1.28. The van der Waals surface area contributed by atoms with E-state index in [1.165, 1.54) is 24.3 Å². The number of fused-ring (bicyclic) bond motifs is 1. The van der Waals surface area contributed by atoms with Crippen molar-refractivity contribution in [1.82, 2.24) is 0 Å². The van der Waals surface area contributed by atoms with E-state index < -0.39 is 0 Å². The molecule has 2 rings (SSSR count). The lowest BCUT2D eigenvalue weighted by Gasteiger charge is -2.06. The van der Waals surface area contributed by atoms with Gasteiger partial charge in [0.05, 0.1) is 10.9 Å². The molecular formula is C13H10O4. The van der Waals surface area contributed by atoms with Gasteiger partial charge < -0.3 is 14.6 Å². The van der Waals surface area contributed by atoms with Crippen LogP contribution in [0.2, 0.25) is 0 Å². The van der Waals surface area contributed by atoms with Gasteiger partial charge in [0, 0.05) is 0 Å². The summed E-state index contributed by atoms with van der Waals surface area (Å²) in [6.45, 7) is 6.79. The number of phenols is 1. The molecule has 0 atom stereocenters. The highest BCUT2D eigenvalue weighted by Gasteiger charge is 2.15. The number of aliphatic hydroxyl groups is 1. The molecule has 0 spiro atoms. The van der Waals surface area contributed by atoms with Crippen LogP contribution in [-0.2, 0) is 0 Å². The lowest BCUT2D eigenvalue weighted by atomic mass is 10.1. The van der Waals surface area contributed by atoms with E-state index in [4.69, 9.17) is 4.42 Å². The molecule has 4 heteroatoms. The Morgan fingerprint density at radius 2 is 2.12 bits per heavy atom. The van der Waals surface area contributed by atoms with E-state index in [0.717, 1.165) is 0 Å². The zero-order valence-electron chi connectivity index (χ0n) is 8.93. The summed E-state index contributed by atoms with van der Waals surface area (Å²) < 4.78 is 5.29. The molecule has 4 nitrogen and oxygen atoms in total. The monoisotopic (exact) mass is 230 g/mol. The fourth-order valence-electron chi connectivity index (χ4n) is 1.62. The summed E-state index contributed by atoms with van der Waals surface area (Å²) in [7, 11) is 0. The molecule has 1 heterocycles. The van der Waals surface area contributed by atoms with Crippen molar-refractivity contribution >= 4 is 22.8 Å². The molecular weight excluding hydrogens is 220 g/mol. The van der Waals surface area contributed by atoms with Crippen molar-refractivity contribution in [3.05, 3.63) is 52.9 Å². The average Bonchev–Trinajstić information content (AvgIpc) is 2.30. The first-order chi connectivity index (χ1) is 8.06. The van der Waals surface area contributed by atoms with Gasteiger partial charge in [-0.15, -0.1) is 0 Å². The van der Waals surface area contributed by atoms with E-state index in [1.54, 1.807) is 0 Å². The lowest BCUT2D eigenvalue weighted by molar-refractivity contribution is 0.443. The quantitative estimate of drug-likeness (QED) is 0.778. The summed E-state index contributed by atoms with van der Waals surface area (Å²) >= 11 is 0. The minimum atomic E-state index is -0.387. The van der Waals surface area contributed by atoms with Gasteiger partial charge in [0.25, 0.3) is 0 Å². The zero-order chi connectivity index (χ0) is 12.6. The molecule has 17 heavy (non-hydrogen) atoms. The van der Waals surface area contributed by atoms with Gasteiger partial charge in [-0.3, -0.25) is 4.79 Å². The third-order valence-electron chi connectivity index (χ3n) is 2.40. The van der Waals surface area contributed by atoms with Crippen molar-refractivity contribution < 1.29 is 14.6 Å². The lowest BCUT2D eigenvalue weighted by Crippen LogP contribution is -2.08. The molecule has 0 amide bonds. The molecule has 0 unspecified atom stereocenters. The van der Waals surface area contributed by atoms with E-state index in [9.17, 15) is 15.0 Å². The summed E-state index contributed by atoms with van der Waals surface area (Å²) in [5, 5.41) is 19.2. The van der Waals surface area contributed by atoms with Gasteiger partial charge in [-0.25, -0.2) is 0 Å². The maximum Gasteiger partial charge on any atom is 0.200 e. The van der Waals surface area contributed by atoms with Gasteiger partial charge in [-0.1, -0.05) is 25.3 Å². The van der Waals surface area contributed by atoms with E-state index >= 15 is 0 Å². The second kappa shape index (κ2) is 3.83. The standard InChI is InChI=1S/C13H10O4/c1-3-8-11(16)9-5-4-6-10(15)13(9)17-12(8)7(2)14/h3-6,14-15H,1-2H2. The van der Waals surface area contributed by atoms with Crippen molar-refractivity contribution in [3.63, 3.8) is 0 Å². The average molecular weight is 230 g/mol. The molecule has 0 radical (unpaired) electrons. The Labute approximate surface area is 96.7 Å². The third-order valence-corrected chi connectivity index (χ3v) is 2.40. The normalized spacial score (nSPS) is 10.4. The Morgan fingerprint density at radius 3 is 2.71 bits per heavy atom. The Kier molecular flexibility index (Phi) is 2.48. The number of rotatable bonds is 2. The van der Waals surface area contributed by atoms with E-state index in [2.05, 4.69) is 13.2 Å². The molecule has 0 fully saturated rings. The molecule has 0 saturated heterocycles. The van der Waals surface area contributed by atoms with Crippen LogP contribution in [-0.4, -0.2) is 10.2 Å². The second-order valence-corrected chi connectivity index (χ2v) is 3.48. The summed E-state index contributed by atoms with van der Waals surface area (Å²) in [5.74, 6) is -0.640. The molecule has 2 aromatic rings. The molecule has 0 aliphatic carbocycles. The maximum absolute atomic E-state index is 12.0. The van der Waals surface area contributed by atoms with Crippen LogP contribution in [0.15, 0.2) is 40.6 Å². The predicted octanol–water partition coefficient (Wildman–Crippen LogP) is 2.67. The van der Waals surface area contributed by atoms with E-state index in [1.807, 2.05) is 0 Å². The Morgan fingerprint density at radius 1 is 1.41 bits per heavy atom. The number of aliphatic hydroxyl groups excluding tert-OH is 1. The summed E-state index contributed by atoms with van der Waals surface area (Å²) in [4.78, 5) is 12.0. The first-order valence-corrected chi connectivity index (χ1v) is 4.85. The van der Waals surface area contributed by atoms with Gasteiger partial charge >= 0.3 is 0 Å². The molecule has 0 aliphatic rings. The fraction of sp³-hybridized carbons (Fsp3) is 0. The topological polar surface area (TPSA) is 70.7 Å². The highest BCUT2D eigenvalue weighted by molar-refractivity contribution is 5.85. The van der Waals surface area contributed by atoms with Crippen LogP contribution in [0, 0.1) is 0 Å². The number of hydrogen-bond acceptors (Lipinski definition) is 4. The Balaban J connectivity index is 3.04. The highest BCUT2D eigenvalue weighted by atomic mass is 16.4. The van der Waals surface area contributed by atoms with Crippen LogP contribution < -0.4 is 5.43 Å². The first-order valence-electron chi connectivity index (χ1n) is 4.85. The maximum atomic E-state index is 12.0. The van der Waals surface area contributed by atoms with Crippen molar-refractivity contribution in [3.8, 4) is 5.75 Å². The van der Waals surface area contributed by atoms with Gasteiger partial charge in [-0.2, -0.15) is 0 Å². The molecule has 0 saturated carbocycles. The first kappa shape index (κ1) is 11.0. The SMILES string of the molecule is C=Cc1c(C(=C)O)oc2c(O)cccc2c1=O. The number of hydrogen-bond donors (Lipinski definition) is 2. The fourth-order valence-corrected chi connectivity index (χ4v) is 1.62. The molecule has 1 aromatic carbocycles. The minimum absolute atomic E-state index is 0.0216. The number of phenolic OH excluding ortho intramolecular Hbond substituents is 1. The van der Waals surface area contributed by atoms with Gasteiger partial charge in [0.15, 0.2) is 22.9 Å². The van der Waals surface area contributed by atoms with Crippen LogP contribution in [0.5, 0.6) is 5.75 Å². The summed E-state index contributed by atoms with van der Waals surface area (Å²) in [5.41, 5.74) is -0.230. The van der Waals surface area contributed by atoms with Gasteiger partial charge in [0.2, 0.25) is 5.43 Å². The van der Waals surface area contributed by atoms with E-state index in [-0.39, 0.29) is 39.2 Å². The predicted molar refractivity (Wildman–Crippen MR) is 65.9 cm³/mol. The highest BCUT2D eigenvalue weighted by Crippen LogP contribution is 2.26. The largest absolute Gasteiger partial charge is 0.505 e. The van der Waals surface area contributed by atoms with Crippen LogP contribution in [0.25, 0.3) is 22.8 Å². The Bertz CT molecular complexity index is 680. The molecule has 1 aromatic heterocycles. The Hall–Kier alpha value is -2.49. The van der Waals surface area contributed by atoms with Crippen LogP contribution in [0.1, 0.15) is 11.3 Å². The third kappa shape index (κ3) is 1.59.